The topological polar surface area (TPSA) is 9.23 Å². The Morgan fingerprint density at radius 3 is 2.77 bits per heavy atom. The van der Waals surface area contributed by atoms with Crippen LogP contribution >= 0.6 is 0 Å². The van der Waals surface area contributed by atoms with Crippen LogP contribution in [0.2, 0.25) is 0 Å². The van der Waals surface area contributed by atoms with Gasteiger partial charge in [0.1, 0.15) is 5.75 Å². The van der Waals surface area contributed by atoms with Crippen molar-refractivity contribution in [3.05, 3.63) is 29.3 Å². The minimum atomic E-state index is -0.315. The second-order valence-electron chi connectivity index (χ2n) is 3.09. The van der Waals surface area contributed by atoms with Gasteiger partial charge in [0.05, 0.1) is 13.3 Å². The van der Waals surface area contributed by atoms with E-state index in [9.17, 15) is 4.39 Å². The largest absolute Gasteiger partial charge is 0.493 e. The summed E-state index contributed by atoms with van der Waals surface area (Å²) >= 11 is 0. The molecule has 0 aromatic heterocycles. The summed E-state index contributed by atoms with van der Waals surface area (Å²) in [5.41, 5.74) is 2.35. The van der Waals surface area contributed by atoms with Crippen LogP contribution in [0.5, 0.6) is 5.75 Å². The predicted molar refractivity (Wildman–Crippen MR) is 52.0 cm³/mol. The second kappa shape index (κ2) is 4.85. The number of aryl methyl sites for hydroxylation is 1. The van der Waals surface area contributed by atoms with E-state index in [-0.39, 0.29) is 6.67 Å². The summed E-state index contributed by atoms with van der Waals surface area (Å²) in [6.07, 6.45) is 0.466. The Morgan fingerprint density at radius 1 is 1.31 bits per heavy atom. The second-order valence-corrected chi connectivity index (χ2v) is 3.09. The summed E-state index contributed by atoms with van der Waals surface area (Å²) in [5.74, 6) is 0.869. The zero-order chi connectivity index (χ0) is 9.68. The van der Waals surface area contributed by atoms with Crippen LogP contribution in [-0.4, -0.2) is 13.3 Å². The first-order chi connectivity index (χ1) is 6.25. The molecule has 72 valence electrons. The number of ether oxygens (including phenoxy) is 1. The van der Waals surface area contributed by atoms with Gasteiger partial charge in [-0.25, -0.2) is 0 Å². The third-order valence-electron chi connectivity index (χ3n) is 2.09. The van der Waals surface area contributed by atoms with Gasteiger partial charge in [0, 0.05) is 6.42 Å². The fourth-order valence-electron chi connectivity index (χ4n) is 1.12. The monoisotopic (exact) mass is 182 g/mol. The molecule has 0 atom stereocenters. The van der Waals surface area contributed by atoms with Crippen LogP contribution in [0.25, 0.3) is 0 Å². The van der Waals surface area contributed by atoms with E-state index in [1.807, 2.05) is 32.0 Å². The minimum absolute atomic E-state index is 0.315. The van der Waals surface area contributed by atoms with Crippen LogP contribution in [0.1, 0.15) is 17.5 Å². The van der Waals surface area contributed by atoms with E-state index < -0.39 is 0 Å². The molecule has 0 fully saturated rings. The van der Waals surface area contributed by atoms with Gasteiger partial charge < -0.3 is 4.74 Å². The molecule has 0 aliphatic carbocycles. The van der Waals surface area contributed by atoms with Gasteiger partial charge in [-0.1, -0.05) is 12.1 Å². The highest BCUT2D eigenvalue weighted by Crippen LogP contribution is 2.20. The third-order valence-corrected chi connectivity index (χ3v) is 2.09. The van der Waals surface area contributed by atoms with Crippen LogP contribution in [0, 0.1) is 13.8 Å². The summed E-state index contributed by atoms with van der Waals surface area (Å²) < 4.78 is 17.2. The standard InChI is InChI=1S/C11H15FO/c1-9-5-3-6-11(10(9)2)13-8-4-7-12/h3,5-6H,4,7-8H2,1-2H3. The Kier molecular flexibility index (Phi) is 3.74. The molecule has 0 amide bonds. The molecule has 0 spiro atoms. The molecule has 0 aliphatic heterocycles. The van der Waals surface area contributed by atoms with Crippen LogP contribution in [0.15, 0.2) is 18.2 Å². The first kappa shape index (κ1) is 10.0. The Hall–Kier alpha value is -1.05. The van der Waals surface area contributed by atoms with E-state index in [1.54, 1.807) is 0 Å². The summed E-state index contributed by atoms with van der Waals surface area (Å²) in [5, 5.41) is 0. The predicted octanol–water partition coefficient (Wildman–Crippen LogP) is 3.04. The highest BCUT2D eigenvalue weighted by atomic mass is 19.1. The van der Waals surface area contributed by atoms with Gasteiger partial charge in [-0.15, -0.1) is 0 Å². The molecular weight excluding hydrogens is 167 g/mol. The first-order valence-electron chi connectivity index (χ1n) is 4.50. The lowest BCUT2D eigenvalue weighted by molar-refractivity contribution is 0.288. The minimum Gasteiger partial charge on any atom is -0.493 e. The molecule has 0 bridgehead atoms. The van der Waals surface area contributed by atoms with Gasteiger partial charge in [-0.05, 0) is 31.0 Å². The maximum Gasteiger partial charge on any atom is 0.122 e. The SMILES string of the molecule is Cc1cccc(OCCCF)c1C. The molecule has 2 heteroatoms. The van der Waals surface area contributed by atoms with E-state index in [1.165, 1.54) is 5.56 Å². The van der Waals surface area contributed by atoms with Crippen LogP contribution in [0.3, 0.4) is 0 Å². The van der Waals surface area contributed by atoms with Gasteiger partial charge >= 0.3 is 0 Å². The molecule has 1 aromatic carbocycles. The van der Waals surface area contributed by atoms with Crippen molar-refractivity contribution in [2.75, 3.05) is 13.3 Å². The molecule has 1 rings (SSSR count). The number of benzene rings is 1. The highest BCUT2D eigenvalue weighted by Gasteiger charge is 2.00. The zero-order valence-electron chi connectivity index (χ0n) is 8.14. The van der Waals surface area contributed by atoms with Crippen molar-refractivity contribution in [2.24, 2.45) is 0 Å². The van der Waals surface area contributed by atoms with Gasteiger partial charge in [-0.3, -0.25) is 4.39 Å². The smallest absolute Gasteiger partial charge is 0.122 e. The van der Waals surface area contributed by atoms with Crippen molar-refractivity contribution in [3.8, 4) is 5.75 Å². The van der Waals surface area contributed by atoms with E-state index in [2.05, 4.69) is 0 Å². The van der Waals surface area contributed by atoms with Crippen LogP contribution < -0.4 is 4.74 Å². The molecule has 1 nitrogen and oxygen atoms in total. The maximum atomic E-state index is 11.8. The normalized spacial score (nSPS) is 10.1. The Balaban J connectivity index is 2.61. The van der Waals surface area contributed by atoms with Crippen molar-refractivity contribution >= 4 is 0 Å². The van der Waals surface area contributed by atoms with Gasteiger partial charge in [-0.2, -0.15) is 0 Å². The fourth-order valence-corrected chi connectivity index (χ4v) is 1.12. The van der Waals surface area contributed by atoms with Gasteiger partial charge in [0.25, 0.3) is 0 Å². The molecule has 13 heavy (non-hydrogen) atoms. The Bertz CT molecular complexity index is 271. The summed E-state index contributed by atoms with van der Waals surface area (Å²) in [4.78, 5) is 0. The first-order valence-corrected chi connectivity index (χ1v) is 4.50. The summed E-state index contributed by atoms with van der Waals surface area (Å²) in [7, 11) is 0. The maximum absolute atomic E-state index is 11.8. The van der Waals surface area contributed by atoms with E-state index in [4.69, 9.17) is 4.74 Å². The molecular formula is C11H15FO. The van der Waals surface area contributed by atoms with Crippen molar-refractivity contribution in [2.45, 2.75) is 20.3 Å². The quantitative estimate of drug-likeness (QED) is 0.650. The van der Waals surface area contributed by atoms with E-state index in [0.29, 0.717) is 13.0 Å². The molecule has 0 N–H and O–H groups in total. The summed E-state index contributed by atoms with van der Waals surface area (Å²) in [6, 6.07) is 5.91. The molecule has 0 unspecified atom stereocenters. The lowest BCUT2D eigenvalue weighted by Crippen LogP contribution is -2.00. The number of hydrogen-bond acceptors (Lipinski definition) is 1. The van der Waals surface area contributed by atoms with Crippen LogP contribution in [0.4, 0.5) is 4.39 Å². The highest BCUT2D eigenvalue weighted by molar-refractivity contribution is 5.38. The average molecular weight is 182 g/mol. The molecule has 0 radical (unpaired) electrons. The van der Waals surface area contributed by atoms with Crippen molar-refractivity contribution in [3.63, 3.8) is 0 Å². The molecule has 1 aromatic rings. The average Bonchev–Trinajstić information content (AvgIpc) is 2.13. The molecule has 0 saturated carbocycles. The summed E-state index contributed by atoms with van der Waals surface area (Å²) in [6.45, 7) is 4.20. The lowest BCUT2D eigenvalue weighted by atomic mass is 10.1. The number of halogens is 1. The van der Waals surface area contributed by atoms with Crippen molar-refractivity contribution < 1.29 is 9.13 Å². The zero-order valence-corrected chi connectivity index (χ0v) is 8.14. The lowest BCUT2D eigenvalue weighted by Gasteiger charge is -2.09. The number of hydrogen-bond donors (Lipinski definition) is 0. The Labute approximate surface area is 78.5 Å². The Morgan fingerprint density at radius 2 is 2.08 bits per heavy atom. The van der Waals surface area contributed by atoms with Gasteiger partial charge in [0.2, 0.25) is 0 Å². The number of rotatable bonds is 4. The van der Waals surface area contributed by atoms with E-state index >= 15 is 0 Å². The molecule has 0 aliphatic rings. The molecule has 0 heterocycles. The van der Waals surface area contributed by atoms with Crippen LogP contribution in [-0.2, 0) is 0 Å². The molecule has 0 saturated heterocycles. The number of alkyl halides is 1. The third kappa shape index (κ3) is 2.72. The fraction of sp³-hybridized carbons (Fsp3) is 0.455. The van der Waals surface area contributed by atoms with Crippen molar-refractivity contribution in [1.29, 1.82) is 0 Å². The van der Waals surface area contributed by atoms with Crippen molar-refractivity contribution in [1.82, 2.24) is 0 Å². The van der Waals surface area contributed by atoms with E-state index in [0.717, 1.165) is 11.3 Å². The van der Waals surface area contributed by atoms with Gasteiger partial charge in [0.15, 0.2) is 0 Å².